The van der Waals surface area contributed by atoms with E-state index >= 15 is 0 Å². The predicted octanol–water partition coefficient (Wildman–Crippen LogP) is 3.99. The molecule has 0 saturated carbocycles. The van der Waals surface area contributed by atoms with Crippen LogP contribution in [-0.4, -0.2) is 11.5 Å². The molecular formula is C14H20OS. The second kappa shape index (κ2) is 7.50. The van der Waals surface area contributed by atoms with Gasteiger partial charge >= 0.3 is 0 Å². The van der Waals surface area contributed by atoms with Crippen molar-refractivity contribution in [3.63, 3.8) is 0 Å². The minimum absolute atomic E-state index is 0.385. The van der Waals surface area contributed by atoms with Crippen LogP contribution >= 0.6 is 11.8 Å². The summed E-state index contributed by atoms with van der Waals surface area (Å²) in [6.07, 6.45) is 2.45. The van der Waals surface area contributed by atoms with Crippen molar-refractivity contribution in [2.24, 2.45) is 0 Å². The molecule has 1 aromatic rings. The molecule has 0 bridgehead atoms. The van der Waals surface area contributed by atoms with Crippen LogP contribution in [0.4, 0.5) is 0 Å². The van der Waals surface area contributed by atoms with Crippen molar-refractivity contribution in [1.82, 2.24) is 0 Å². The fourth-order valence-corrected chi connectivity index (χ4v) is 2.45. The molecule has 1 rings (SSSR count). The lowest BCUT2D eigenvalue weighted by Crippen LogP contribution is -1.95. The molecule has 0 aliphatic heterocycles. The zero-order valence-electron chi connectivity index (χ0n) is 10.2. The van der Waals surface area contributed by atoms with E-state index in [1.54, 1.807) is 0 Å². The number of aryl methyl sites for hydroxylation is 1. The molecule has 0 aliphatic rings. The van der Waals surface area contributed by atoms with Crippen molar-refractivity contribution in [2.45, 2.75) is 38.9 Å². The molecule has 88 valence electrons. The van der Waals surface area contributed by atoms with Gasteiger partial charge in [0.25, 0.3) is 0 Å². The molecule has 16 heavy (non-hydrogen) atoms. The van der Waals surface area contributed by atoms with Crippen LogP contribution in [0, 0.1) is 6.92 Å². The molecule has 1 nitrogen and oxygen atoms in total. The van der Waals surface area contributed by atoms with Gasteiger partial charge in [-0.2, -0.15) is 11.8 Å². The SMILES string of the molecule is CCC(=O)CCCSCc1cccc(C)c1. The summed E-state index contributed by atoms with van der Waals surface area (Å²) >= 11 is 1.92. The summed E-state index contributed by atoms with van der Waals surface area (Å²) in [4.78, 5) is 11.1. The first-order chi connectivity index (χ1) is 7.72. The van der Waals surface area contributed by atoms with Crippen LogP contribution in [0.15, 0.2) is 24.3 Å². The van der Waals surface area contributed by atoms with Gasteiger partial charge in [-0.1, -0.05) is 36.8 Å². The van der Waals surface area contributed by atoms with Crippen molar-refractivity contribution >= 4 is 17.5 Å². The third-order valence-corrected chi connectivity index (χ3v) is 3.60. The van der Waals surface area contributed by atoms with Crippen molar-refractivity contribution < 1.29 is 4.79 Å². The second-order valence-electron chi connectivity index (χ2n) is 4.04. The Morgan fingerprint density at radius 1 is 1.38 bits per heavy atom. The van der Waals surface area contributed by atoms with Gasteiger partial charge in [0.15, 0.2) is 0 Å². The molecule has 1 aromatic carbocycles. The first-order valence-corrected chi connectivity index (χ1v) is 7.03. The Kier molecular flexibility index (Phi) is 6.24. The molecule has 2 heteroatoms. The number of thioether (sulfide) groups is 1. The maximum absolute atomic E-state index is 11.1. The quantitative estimate of drug-likeness (QED) is 0.666. The molecule has 0 N–H and O–H groups in total. The van der Waals surface area contributed by atoms with Crippen molar-refractivity contribution in [1.29, 1.82) is 0 Å². The first kappa shape index (κ1) is 13.3. The van der Waals surface area contributed by atoms with Gasteiger partial charge in [0.05, 0.1) is 0 Å². The van der Waals surface area contributed by atoms with Gasteiger partial charge in [-0.05, 0) is 24.7 Å². The van der Waals surface area contributed by atoms with Crippen LogP contribution in [0.25, 0.3) is 0 Å². The van der Waals surface area contributed by atoms with E-state index in [9.17, 15) is 4.79 Å². The Morgan fingerprint density at radius 2 is 2.19 bits per heavy atom. The molecule has 0 radical (unpaired) electrons. The summed E-state index contributed by atoms with van der Waals surface area (Å²) in [6.45, 7) is 4.05. The summed E-state index contributed by atoms with van der Waals surface area (Å²) in [6, 6.07) is 8.61. The average Bonchev–Trinajstić information content (AvgIpc) is 2.28. The van der Waals surface area contributed by atoms with Crippen molar-refractivity contribution in [3.8, 4) is 0 Å². The summed E-state index contributed by atoms with van der Waals surface area (Å²) in [5.41, 5.74) is 2.70. The molecule has 0 atom stereocenters. The van der Waals surface area contributed by atoms with Gasteiger partial charge in [-0.3, -0.25) is 4.79 Å². The zero-order valence-corrected chi connectivity index (χ0v) is 11.0. The second-order valence-corrected chi connectivity index (χ2v) is 5.14. The number of ketones is 1. The highest BCUT2D eigenvalue weighted by Crippen LogP contribution is 2.15. The third kappa shape index (κ3) is 5.36. The van der Waals surface area contributed by atoms with Gasteiger partial charge in [0.2, 0.25) is 0 Å². The summed E-state index contributed by atoms with van der Waals surface area (Å²) in [5, 5.41) is 0. The molecule has 0 saturated heterocycles. The standard InChI is InChI=1S/C14H20OS/c1-3-14(15)8-5-9-16-11-13-7-4-6-12(2)10-13/h4,6-7,10H,3,5,8-9,11H2,1-2H3. The monoisotopic (exact) mass is 236 g/mol. The van der Waals surface area contributed by atoms with E-state index < -0.39 is 0 Å². The van der Waals surface area contributed by atoms with Crippen molar-refractivity contribution in [3.05, 3.63) is 35.4 Å². The number of hydrogen-bond acceptors (Lipinski definition) is 2. The number of carbonyl (C=O) groups is 1. The number of benzene rings is 1. The molecule has 0 spiro atoms. The number of carbonyl (C=O) groups excluding carboxylic acids is 1. The lowest BCUT2D eigenvalue weighted by Gasteiger charge is -2.02. The van der Waals surface area contributed by atoms with E-state index in [-0.39, 0.29) is 0 Å². The molecule has 0 heterocycles. The van der Waals surface area contributed by atoms with Crippen LogP contribution in [0.3, 0.4) is 0 Å². The molecular weight excluding hydrogens is 216 g/mol. The summed E-state index contributed by atoms with van der Waals surface area (Å²) in [5.74, 6) is 2.53. The zero-order chi connectivity index (χ0) is 11.8. The van der Waals surface area contributed by atoms with Gasteiger partial charge in [-0.25, -0.2) is 0 Å². The lowest BCUT2D eigenvalue weighted by molar-refractivity contribution is -0.118. The maximum atomic E-state index is 11.1. The van der Waals surface area contributed by atoms with Gasteiger partial charge < -0.3 is 0 Å². The predicted molar refractivity (Wildman–Crippen MR) is 71.9 cm³/mol. The third-order valence-electron chi connectivity index (χ3n) is 2.49. The van der Waals surface area contributed by atoms with Crippen LogP contribution in [0.5, 0.6) is 0 Å². The molecule has 0 aliphatic carbocycles. The van der Waals surface area contributed by atoms with Crippen LogP contribution in [0.2, 0.25) is 0 Å². The highest BCUT2D eigenvalue weighted by molar-refractivity contribution is 7.98. The molecule has 0 unspecified atom stereocenters. The van der Waals surface area contributed by atoms with E-state index in [4.69, 9.17) is 0 Å². The Bertz CT molecular complexity index is 333. The first-order valence-electron chi connectivity index (χ1n) is 5.87. The average molecular weight is 236 g/mol. The Labute approximate surface area is 103 Å². The smallest absolute Gasteiger partial charge is 0.132 e. The highest BCUT2D eigenvalue weighted by atomic mass is 32.2. The number of rotatable bonds is 7. The van der Waals surface area contributed by atoms with Gasteiger partial charge in [0, 0.05) is 18.6 Å². The van der Waals surface area contributed by atoms with E-state index in [2.05, 4.69) is 31.2 Å². The normalized spacial score (nSPS) is 10.4. The fraction of sp³-hybridized carbons (Fsp3) is 0.500. The largest absolute Gasteiger partial charge is 0.300 e. The van der Waals surface area contributed by atoms with Crippen LogP contribution in [0.1, 0.15) is 37.3 Å². The van der Waals surface area contributed by atoms with Gasteiger partial charge in [-0.15, -0.1) is 0 Å². The Morgan fingerprint density at radius 3 is 2.88 bits per heavy atom. The number of Topliss-reactive ketones (excluding diaryl/α,β-unsaturated/α-hetero) is 1. The molecule has 0 aromatic heterocycles. The Balaban J connectivity index is 2.14. The van der Waals surface area contributed by atoms with Crippen LogP contribution < -0.4 is 0 Å². The minimum atomic E-state index is 0.385. The summed E-state index contributed by atoms with van der Waals surface area (Å²) < 4.78 is 0. The molecule has 0 fully saturated rings. The highest BCUT2D eigenvalue weighted by Gasteiger charge is 1.98. The fourth-order valence-electron chi connectivity index (χ4n) is 1.54. The summed E-state index contributed by atoms with van der Waals surface area (Å²) in [7, 11) is 0. The van der Waals surface area contributed by atoms with Crippen molar-refractivity contribution in [2.75, 3.05) is 5.75 Å². The minimum Gasteiger partial charge on any atom is -0.300 e. The topological polar surface area (TPSA) is 17.1 Å². The maximum Gasteiger partial charge on any atom is 0.132 e. The Hall–Kier alpha value is -0.760. The number of hydrogen-bond donors (Lipinski definition) is 0. The molecule has 0 amide bonds. The lowest BCUT2D eigenvalue weighted by atomic mass is 10.2. The van der Waals surface area contributed by atoms with E-state index in [1.807, 2.05) is 18.7 Å². The van der Waals surface area contributed by atoms with Gasteiger partial charge in [0.1, 0.15) is 5.78 Å². The van der Waals surface area contributed by atoms with E-state index in [0.29, 0.717) is 12.2 Å². The van der Waals surface area contributed by atoms with E-state index in [1.165, 1.54) is 11.1 Å². The van der Waals surface area contributed by atoms with E-state index in [0.717, 1.165) is 24.3 Å². The van der Waals surface area contributed by atoms with Crippen LogP contribution in [-0.2, 0) is 10.5 Å².